The van der Waals surface area contributed by atoms with Gasteiger partial charge in [0.2, 0.25) is 0 Å². The van der Waals surface area contributed by atoms with Gasteiger partial charge in [0, 0.05) is 11.8 Å². The summed E-state index contributed by atoms with van der Waals surface area (Å²) in [4.78, 5) is 14.0. The van der Waals surface area contributed by atoms with Gasteiger partial charge in [-0.3, -0.25) is 4.79 Å². The van der Waals surface area contributed by atoms with Crippen molar-refractivity contribution in [3.05, 3.63) is 53.5 Å². The Morgan fingerprint density at radius 2 is 1.56 bits per heavy atom. The van der Waals surface area contributed by atoms with Crippen LogP contribution in [-0.4, -0.2) is 23.6 Å². The molecule has 1 aromatic carbocycles. The normalized spacial score (nSPS) is 12.3. The van der Waals surface area contributed by atoms with E-state index in [0.29, 0.717) is 18.4 Å². The quantitative estimate of drug-likeness (QED) is 0.562. The average molecular weight is 367 g/mol. The fraction of sp³-hybridized carbons (Fsp3) is 0.200. The number of rotatable bonds is 4. The molecule has 10 heteroatoms. The molecule has 25 heavy (non-hydrogen) atoms. The molecule has 3 nitrogen and oxygen atoms in total. The molecule has 0 aliphatic heterocycles. The van der Waals surface area contributed by atoms with Gasteiger partial charge < -0.3 is 4.74 Å². The Labute approximate surface area is 136 Å². The molecule has 2 aromatic rings. The van der Waals surface area contributed by atoms with E-state index < -0.39 is 35.5 Å². The third-order valence-electron chi connectivity index (χ3n) is 3.05. The minimum atomic E-state index is -5.51. The lowest BCUT2D eigenvalue weighted by Crippen LogP contribution is -2.34. The van der Waals surface area contributed by atoms with Gasteiger partial charge in [-0.15, -0.1) is 0 Å². The maximum atomic E-state index is 13.6. The highest BCUT2D eigenvalue weighted by atomic mass is 19.4. The number of carbonyl (C=O) groups excluding carboxylic acids is 1. The smallest absolute Gasteiger partial charge is 0.404 e. The van der Waals surface area contributed by atoms with Crippen molar-refractivity contribution in [1.29, 1.82) is 0 Å². The van der Waals surface area contributed by atoms with Gasteiger partial charge in [-0.05, 0) is 23.8 Å². The predicted octanol–water partition coefficient (Wildman–Crippen LogP) is 5.03. The Kier molecular flexibility index (Phi) is 5.00. The van der Waals surface area contributed by atoms with Gasteiger partial charge in [0.15, 0.2) is 18.0 Å². The van der Waals surface area contributed by atoms with E-state index in [0.717, 1.165) is 24.4 Å². The van der Waals surface area contributed by atoms with Crippen molar-refractivity contribution >= 4 is 6.29 Å². The zero-order valence-corrected chi connectivity index (χ0v) is 12.0. The van der Waals surface area contributed by atoms with E-state index in [1.807, 2.05) is 0 Å². The standard InChI is InChI=1S/C15H8F7NO2/c16-11-5-8(7-24)6-23-13(11)25-10-3-1-9(2-4-10)12(14(17,18)19)15(20,21)22/h1-7,12H. The molecule has 0 aliphatic carbocycles. The highest BCUT2D eigenvalue weighted by Crippen LogP contribution is 2.46. The molecule has 0 amide bonds. The van der Waals surface area contributed by atoms with Crippen molar-refractivity contribution in [3.8, 4) is 11.6 Å². The van der Waals surface area contributed by atoms with Crippen LogP contribution in [0.15, 0.2) is 36.5 Å². The second-order valence-corrected chi connectivity index (χ2v) is 4.86. The van der Waals surface area contributed by atoms with Crippen LogP contribution in [0.1, 0.15) is 21.8 Å². The number of carbonyl (C=O) groups is 1. The Hall–Kier alpha value is -2.65. The molecule has 2 rings (SSSR count). The van der Waals surface area contributed by atoms with Gasteiger partial charge in [0.25, 0.3) is 5.88 Å². The van der Waals surface area contributed by atoms with Crippen LogP contribution in [0.3, 0.4) is 0 Å². The van der Waals surface area contributed by atoms with Crippen molar-refractivity contribution in [2.24, 2.45) is 0 Å². The lowest BCUT2D eigenvalue weighted by molar-refractivity contribution is -0.253. The van der Waals surface area contributed by atoms with Crippen molar-refractivity contribution in [3.63, 3.8) is 0 Å². The maximum Gasteiger partial charge on any atom is 0.404 e. The molecule has 1 aromatic heterocycles. The molecule has 0 spiro atoms. The van der Waals surface area contributed by atoms with Crippen LogP contribution < -0.4 is 4.74 Å². The molecule has 0 unspecified atom stereocenters. The number of aromatic nitrogens is 1. The summed E-state index contributed by atoms with van der Waals surface area (Å²) in [6.45, 7) is 0. The Balaban J connectivity index is 2.26. The Morgan fingerprint density at radius 3 is 2.00 bits per heavy atom. The third-order valence-corrected chi connectivity index (χ3v) is 3.05. The summed E-state index contributed by atoms with van der Waals surface area (Å²) in [5.41, 5.74) is -1.10. The zero-order chi connectivity index (χ0) is 18.8. The van der Waals surface area contributed by atoms with E-state index in [1.165, 1.54) is 0 Å². The fourth-order valence-corrected chi connectivity index (χ4v) is 1.98. The Morgan fingerprint density at radius 1 is 1.00 bits per heavy atom. The van der Waals surface area contributed by atoms with Gasteiger partial charge in [0.05, 0.1) is 0 Å². The number of halogens is 7. The first kappa shape index (κ1) is 18.7. The molecule has 0 saturated carbocycles. The number of pyridine rings is 1. The van der Waals surface area contributed by atoms with Crippen molar-refractivity contribution in [2.75, 3.05) is 0 Å². The average Bonchev–Trinajstić information content (AvgIpc) is 2.48. The predicted molar refractivity (Wildman–Crippen MR) is 70.9 cm³/mol. The molecule has 0 radical (unpaired) electrons. The maximum absolute atomic E-state index is 13.6. The van der Waals surface area contributed by atoms with E-state index in [9.17, 15) is 35.5 Å². The number of alkyl halides is 6. The summed E-state index contributed by atoms with van der Waals surface area (Å²) in [6, 6.07) is 3.63. The first-order valence-electron chi connectivity index (χ1n) is 6.54. The molecule has 0 aliphatic rings. The van der Waals surface area contributed by atoms with E-state index >= 15 is 0 Å². The first-order valence-corrected chi connectivity index (χ1v) is 6.54. The second kappa shape index (κ2) is 6.69. The van der Waals surface area contributed by atoms with Crippen LogP contribution in [0.5, 0.6) is 11.6 Å². The third kappa shape index (κ3) is 4.46. The summed E-state index contributed by atoms with van der Waals surface area (Å²) in [5, 5.41) is 0. The molecule has 0 atom stereocenters. The molecular formula is C15H8F7NO2. The lowest BCUT2D eigenvalue weighted by atomic mass is 9.98. The first-order chi connectivity index (χ1) is 11.5. The Bertz CT molecular complexity index is 740. The van der Waals surface area contributed by atoms with Gasteiger partial charge in [0.1, 0.15) is 5.75 Å². The molecule has 0 fully saturated rings. The van der Waals surface area contributed by atoms with E-state index in [2.05, 4.69) is 4.98 Å². The number of benzene rings is 1. The van der Waals surface area contributed by atoms with Gasteiger partial charge in [-0.1, -0.05) is 12.1 Å². The van der Waals surface area contributed by atoms with Gasteiger partial charge in [-0.25, -0.2) is 9.37 Å². The summed E-state index contributed by atoms with van der Waals surface area (Å²) in [6.07, 6.45) is -9.70. The summed E-state index contributed by atoms with van der Waals surface area (Å²) < 4.78 is 94.4. The topological polar surface area (TPSA) is 39.2 Å². The largest absolute Gasteiger partial charge is 0.436 e. The summed E-state index contributed by atoms with van der Waals surface area (Å²) >= 11 is 0. The number of aldehydes is 1. The van der Waals surface area contributed by atoms with Crippen LogP contribution in [-0.2, 0) is 0 Å². The lowest BCUT2D eigenvalue weighted by Gasteiger charge is -2.23. The number of nitrogens with zero attached hydrogens (tertiary/aromatic N) is 1. The van der Waals surface area contributed by atoms with Crippen molar-refractivity contribution in [2.45, 2.75) is 18.3 Å². The van der Waals surface area contributed by atoms with Crippen molar-refractivity contribution in [1.82, 2.24) is 4.98 Å². The molecule has 0 saturated heterocycles. The van der Waals surface area contributed by atoms with Gasteiger partial charge in [-0.2, -0.15) is 26.3 Å². The fourth-order valence-electron chi connectivity index (χ4n) is 1.98. The monoisotopic (exact) mass is 367 g/mol. The zero-order valence-electron chi connectivity index (χ0n) is 12.0. The summed E-state index contributed by atoms with van der Waals surface area (Å²) in [7, 11) is 0. The highest BCUT2D eigenvalue weighted by molar-refractivity contribution is 5.74. The van der Waals surface area contributed by atoms with Crippen LogP contribution in [0.4, 0.5) is 30.7 Å². The van der Waals surface area contributed by atoms with E-state index in [1.54, 1.807) is 0 Å². The highest BCUT2D eigenvalue weighted by Gasteiger charge is 2.57. The van der Waals surface area contributed by atoms with E-state index in [4.69, 9.17) is 4.74 Å². The molecule has 0 N–H and O–H groups in total. The minimum Gasteiger partial charge on any atom is -0.436 e. The number of ether oxygens (including phenoxy) is 1. The molecule has 134 valence electrons. The summed E-state index contributed by atoms with van der Waals surface area (Å²) in [5.74, 6) is -5.47. The van der Waals surface area contributed by atoms with Crippen LogP contribution in [0.25, 0.3) is 0 Å². The molecule has 1 heterocycles. The van der Waals surface area contributed by atoms with E-state index in [-0.39, 0.29) is 11.3 Å². The van der Waals surface area contributed by atoms with Crippen molar-refractivity contribution < 1.29 is 40.3 Å². The number of hydrogen-bond acceptors (Lipinski definition) is 3. The van der Waals surface area contributed by atoms with Crippen LogP contribution in [0, 0.1) is 5.82 Å². The molecule has 0 bridgehead atoms. The van der Waals surface area contributed by atoms with Gasteiger partial charge >= 0.3 is 12.4 Å². The second-order valence-electron chi connectivity index (χ2n) is 4.86. The van der Waals surface area contributed by atoms with Crippen LogP contribution in [0.2, 0.25) is 0 Å². The van der Waals surface area contributed by atoms with Crippen LogP contribution >= 0.6 is 0 Å². The molecular weight excluding hydrogens is 359 g/mol. The SMILES string of the molecule is O=Cc1cnc(Oc2ccc(C(C(F)(F)F)C(F)(F)F)cc2)c(F)c1. The minimum absolute atomic E-state index is 0.0709. The number of hydrogen-bond donors (Lipinski definition) is 0.